The zero-order valence-corrected chi connectivity index (χ0v) is 46.4. The SMILES string of the molecule is C#CCBr.C#CCOc1cc(C(=O)O)cc(OCC#C)c1CCCN.C#CCOc1cc(C(=O)OC)cc(OCC#C)c1CCCNC(=O)OC(C)(C)C.COC(=O)c1cc(O)c(CCCNC(=O)OC(C)(C)C)c(O)c1. The van der Waals surface area contributed by atoms with Crippen LogP contribution in [0.3, 0.4) is 0 Å². The van der Waals surface area contributed by atoms with Gasteiger partial charge in [0.25, 0.3) is 0 Å². The summed E-state index contributed by atoms with van der Waals surface area (Å²) in [5, 5.41) is 34.9. The van der Waals surface area contributed by atoms with Crippen LogP contribution in [0.25, 0.3) is 0 Å². The molecule has 0 saturated heterocycles. The van der Waals surface area contributed by atoms with Crippen LogP contribution in [-0.4, -0.2) is 122 Å². The van der Waals surface area contributed by atoms with Gasteiger partial charge in [-0.3, -0.25) is 0 Å². The number of alkyl halides is 1. The summed E-state index contributed by atoms with van der Waals surface area (Å²) in [4.78, 5) is 57.7. The van der Waals surface area contributed by atoms with Crippen LogP contribution < -0.4 is 35.3 Å². The highest BCUT2D eigenvalue weighted by Gasteiger charge is 2.21. The second-order valence-corrected chi connectivity index (χ2v) is 18.0. The molecule has 77 heavy (non-hydrogen) atoms. The molecule has 20 heteroatoms. The lowest BCUT2D eigenvalue weighted by atomic mass is 10.0. The lowest BCUT2D eigenvalue weighted by Gasteiger charge is -2.20. The maximum absolute atomic E-state index is 12.0. The number of ether oxygens (including phenoxy) is 8. The van der Waals surface area contributed by atoms with E-state index < -0.39 is 41.3 Å². The first-order valence-corrected chi connectivity index (χ1v) is 24.7. The Kier molecular flexibility index (Phi) is 33.3. The Labute approximate surface area is 460 Å². The number of benzene rings is 3. The van der Waals surface area contributed by atoms with Gasteiger partial charge in [-0.2, -0.15) is 0 Å². The number of hydrogen-bond acceptors (Lipinski definition) is 16. The molecular weight excluding hydrogens is 1060 g/mol. The van der Waals surface area contributed by atoms with Crippen LogP contribution >= 0.6 is 15.9 Å². The van der Waals surface area contributed by atoms with Gasteiger partial charge in [-0.1, -0.05) is 45.5 Å². The number of carbonyl (C=O) groups excluding carboxylic acids is 4. The molecule has 2 amide bonds. The molecule has 19 nitrogen and oxygen atoms in total. The van der Waals surface area contributed by atoms with E-state index in [-0.39, 0.29) is 54.6 Å². The molecule has 0 aliphatic carbocycles. The molecule has 0 radical (unpaired) electrons. The maximum Gasteiger partial charge on any atom is 0.407 e. The van der Waals surface area contributed by atoms with Crippen molar-refractivity contribution in [2.75, 3.05) is 65.6 Å². The number of aromatic carboxylic acids is 1. The fourth-order valence-corrected chi connectivity index (χ4v) is 6.04. The summed E-state index contributed by atoms with van der Waals surface area (Å²) in [6.45, 7) is 12.0. The third-order valence-electron chi connectivity index (χ3n) is 9.12. The molecule has 3 rings (SSSR count). The topological polar surface area (TPSA) is 270 Å². The first kappa shape index (κ1) is 68.7. The summed E-state index contributed by atoms with van der Waals surface area (Å²) in [5.74, 6) is 10.7. The number of phenolic OH excluding ortho intramolecular Hbond substituents is 2. The lowest BCUT2D eigenvalue weighted by Crippen LogP contribution is -2.33. The van der Waals surface area contributed by atoms with Crippen molar-refractivity contribution in [3.63, 3.8) is 0 Å². The maximum atomic E-state index is 12.0. The second-order valence-electron chi connectivity index (χ2n) is 17.4. The minimum absolute atomic E-state index is 0.0162. The molecule has 0 saturated carbocycles. The van der Waals surface area contributed by atoms with Crippen LogP contribution in [0.1, 0.15) is 109 Å². The van der Waals surface area contributed by atoms with Crippen LogP contribution in [0.4, 0.5) is 9.59 Å². The number of alkyl carbamates (subject to hydrolysis) is 2. The summed E-state index contributed by atoms with van der Waals surface area (Å²) in [6.07, 6.45) is 27.8. The fourth-order valence-electron chi connectivity index (χ4n) is 6.04. The van der Waals surface area contributed by atoms with E-state index in [0.29, 0.717) is 97.6 Å². The summed E-state index contributed by atoms with van der Waals surface area (Å²) >= 11 is 3.01. The third kappa shape index (κ3) is 28.8. The number of nitrogens with two attached hydrogens (primary N) is 1. The van der Waals surface area contributed by atoms with E-state index in [1.807, 2.05) is 0 Å². The molecule has 0 aliphatic rings. The quantitative estimate of drug-likeness (QED) is 0.0186. The average molecular weight is 1130 g/mol. The smallest absolute Gasteiger partial charge is 0.407 e. The van der Waals surface area contributed by atoms with Crippen molar-refractivity contribution in [2.45, 2.75) is 91.3 Å². The molecular formula is C57H70BrN3O16. The summed E-state index contributed by atoms with van der Waals surface area (Å²) in [5.41, 5.74) is 6.46. The van der Waals surface area contributed by atoms with Crippen molar-refractivity contribution in [2.24, 2.45) is 5.73 Å². The minimum Gasteiger partial charge on any atom is -0.508 e. The van der Waals surface area contributed by atoms with E-state index in [0.717, 1.165) is 5.56 Å². The number of amides is 2. The molecule has 0 heterocycles. The van der Waals surface area contributed by atoms with Crippen LogP contribution in [0.15, 0.2) is 36.4 Å². The van der Waals surface area contributed by atoms with E-state index in [2.05, 4.69) is 60.9 Å². The van der Waals surface area contributed by atoms with Gasteiger partial charge in [-0.05, 0) is 123 Å². The number of phenols is 2. The number of esters is 2. The highest BCUT2D eigenvalue weighted by Crippen LogP contribution is 2.34. The van der Waals surface area contributed by atoms with Gasteiger partial charge in [0.15, 0.2) is 0 Å². The molecule has 0 aromatic heterocycles. The number of rotatable bonds is 22. The molecule has 416 valence electrons. The van der Waals surface area contributed by atoms with Gasteiger partial charge in [0.05, 0.1) is 36.2 Å². The second kappa shape index (κ2) is 37.4. The van der Waals surface area contributed by atoms with E-state index >= 15 is 0 Å². The summed E-state index contributed by atoms with van der Waals surface area (Å²) in [7, 11) is 2.50. The fraction of sp³-hybridized carbons (Fsp3) is 0.421. The van der Waals surface area contributed by atoms with Crippen molar-refractivity contribution in [3.05, 3.63) is 69.8 Å². The van der Waals surface area contributed by atoms with Gasteiger partial charge in [0.1, 0.15) is 72.1 Å². The van der Waals surface area contributed by atoms with Crippen molar-refractivity contribution >= 4 is 46.0 Å². The highest BCUT2D eigenvalue weighted by molar-refractivity contribution is 9.09. The molecule has 0 fully saturated rings. The van der Waals surface area contributed by atoms with Crippen molar-refractivity contribution in [1.82, 2.24) is 10.6 Å². The standard InChI is InChI=1S/C22H27NO6.C16H23NO6.C16H17NO4.C3H3Br/c1-7-12-27-18-14-16(20(24)26-6)15-19(28-13-8-2)17(18)10-9-11-23-21(25)29-22(3,4)5;1-16(2,3)23-15(21)17-7-5-6-11-12(18)8-10(9-13(11)19)14(20)22-4;1-3-8-20-14-10-12(16(18)19)11-15(21-9-4-2)13(14)6-5-7-17;1-2-3-4/h1-2,14-15H,9-13H2,3-6H3,(H,23,25);8-9,18-19H,5-7H2,1-4H3,(H,17,21);1-2,10-11H,5-9,17H2,(H,18,19);1H,3H2. The highest BCUT2D eigenvalue weighted by atomic mass is 79.9. The van der Waals surface area contributed by atoms with Crippen LogP contribution in [0.5, 0.6) is 34.5 Å². The normalized spacial score (nSPS) is 9.99. The Hall–Kier alpha value is -8.35. The van der Waals surface area contributed by atoms with Gasteiger partial charge >= 0.3 is 30.1 Å². The van der Waals surface area contributed by atoms with Gasteiger partial charge in [-0.25, -0.2) is 24.0 Å². The van der Waals surface area contributed by atoms with Crippen LogP contribution in [0, 0.1) is 61.7 Å². The summed E-state index contributed by atoms with van der Waals surface area (Å²) < 4.78 is 41.6. The van der Waals surface area contributed by atoms with Crippen molar-refractivity contribution in [3.8, 4) is 96.2 Å². The Balaban J connectivity index is 0.00000110. The zero-order chi connectivity index (χ0) is 58.6. The van der Waals surface area contributed by atoms with Gasteiger partial charge in [0.2, 0.25) is 0 Å². The number of carbonyl (C=O) groups is 5. The van der Waals surface area contributed by atoms with Crippen molar-refractivity contribution in [1.29, 1.82) is 0 Å². The molecule has 0 unspecified atom stereocenters. The van der Waals surface area contributed by atoms with Gasteiger partial charge in [0, 0.05) is 29.8 Å². The predicted octanol–water partition coefficient (Wildman–Crippen LogP) is 7.61. The molecule has 3 aromatic rings. The number of carboxylic acid groups (broad SMARTS) is 1. The number of halogens is 1. The number of terminal acetylenes is 5. The van der Waals surface area contributed by atoms with E-state index in [9.17, 15) is 34.2 Å². The lowest BCUT2D eigenvalue weighted by molar-refractivity contribution is 0.0515. The molecule has 0 spiro atoms. The summed E-state index contributed by atoms with van der Waals surface area (Å²) in [6, 6.07) is 8.41. The van der Waals surface area contributed by atoms with Crippen LogP contribution in [0.2, 0.25) is 0 Å². The van der Waals surface area contributed by atoms with Crippen LogP contribution in [-0.2, 0) is 38.2 Å². The Morgan fingerprint density at radius 1 is 0.545 bits per heavy atom. The Morgan fingerprint density at radius 2 is 0.857 bits per heavy atom. The van der Waals surface area contributed by atoms with E-state index in [1.165, 1.54) is 38.5 Å². The number of aromatic hydroxyl groups is 2. The molecule has 7 N–H and O–H groups in total. The average Bonchev–Trinajstić information content (AvgIpc) is 3.37. The first-order chi connectivity index (χ1) is 36.4. The first-order valence-electron chi connectivity index (χ1n) is 23.6. The van der Waals surface area contributed by atoms with Crippen molar-refractivity contribution < 1.29 is 77.2 Å². The number of carboxylic acids is 1. The van der Waals surface area contributed by atoms with Gasteiger partial charge < -0.3 is 69.6 Å². The molecule has 3 aromatic carbocycles. The molecule has 0 bridgehead atoms. The zero-order valence-electron chi connectivity index (χ0n) is 44.9. The monoisotopic (exact) mass is 1130 g/mol. The van der Waals surface area contributed by atoms with E-state index in [1.54, 1.807) is 53.7 Å². The van der Waals surface area contributed by atoms with Gasteiger partial charge in [-0.15, -0.1) is 32.1 Å². The number of methoxy groups -OCH3 is 2. The Bertz CT molecular complexity index is 2520. The minimum atomic E-state index is -1.09. The number of hydrogen-bond donors (Lipinski definition) is 6. The Morgan fingerprint density at radius 3 is 1.14 bits per heavy atom. The largest absolute Gasteiger partial charge is 0.508 e. The third-order valence-corrected chi connectivity index (χ3v) is 9.45. The molecule has 0 aliphatic heterocycles. The van der Waals surface area contributed by atoms with E-state index in [4.69, 9.17) is 76.1 Å². The predicted molar refractivity (Wildman–Crippen MR) is 295 cm³/mol. The number of nitrogens with one attached hydrogen (secondary N) is 2. The molecule has 0 atom stereocenters.